The molecule has 0 spiro atoms. The van der Waals surface area contributed by atoms with Crippen LogP contribution in [0.15, 0.2) is 48.5 Å². The lowest BCUT2D eigenvalue weighted by Gasteiger charge is -2.22. The maximum absolute atomic E-state index is 12.6. The molecule has 1 heterocycles. The summed E-state index contributed by atoms with van der Waals surface area (Å²) < 4.78 is 41.0. The van der Waals surface area contributed by atoms with Crippen LogP contribution in [0.1, 0.15) is 23.6 Å². The van der Waals surface area contributed by atoms with Gasteiger partial charge in [0.05, 0.1) is 12.0 Å². The number of nitrogens with one attached hydrogen (secondary N) is 2. The first-order valence-corrected chi connectivity index (χ1v) is 8.77. The summed E-state index contributed by atoms with van der Waals surface area (Å²) in [7, 11) is 0. The van der Waals surface area contributed by atoms with Gasteiger partial charge in [0, 0.05) is 18.0 Å². The first kappa shape index (κ1) is 20.0. The molecule has 2 N–H and O–H groups in total. The average molecular weight is 413 g/mol. The van der Waals surface area contributed by atoms with Crippen LogP contribution >= 0.6 is 11.6 Å². The Hall–Kier alpha value is -2.74. The van der Waals surface area contributed by atoms with Crippen LogP contribution in [0.4, 0.5) is 13.2 Å². The molecule has 0 radical (unpaired) electrons. The molecule has 2 aromatic rings. The highest BCUT2D eigenvalue weighted by Crippen LogP contribution is 2.29. The zero-order chi connectivity index (χ0) is 20.3. The number of carbonyl (C=O) groups excluding carboxylic acids is 2. The summed E-state index contributed by atoms with van der Waals surface area (Å²) in [4.78, 5) is 23.9. The van der Waals surface area contributed by atoms with Crippen LogP contribution in [0.3, 0.4) is 0 Å². The molecule has 0 saturated carbocycles. The highest BCUT2D eigenvalue weighted by atomic mass is 35.5. The van der Waals surface area contributed by atoms with Gasteiger partial charge in [0.25, 0.3) is 0 Å². The second-order valence-electron chi connectivity index (χ2n) is 6.32. The van der Waals surface area contributed by atoms with E-state index in [2.05, 4.69) is 15.4 Å². The van der Waals surface area contributed by atoms with E-state index < -0.39 is 18.3 Å². The summed E-state index contributed by atoms with van der Waals surface area (Å²) in [6, 6.07) is 11.3. The number of amides is 2. The number of benzene rings is 2. The Morgan fingerprint density at radius 2 is 1.89 bits per heavy atom. The molecule has 28 heavy (non-hydrogen) atoms. The minimum Gasteiger partial charge on any atom is -0.406 e. The summed E-state index contributed by atoms with van der Waals surface area (Å²) in [5, 5.41) is 5.90. The normalized spacial score (nSPS) is 17.7. The van der Waals surface area contributed by atoms with Gasteiger partial charge in [0.15, 0.2) is 0 Å². The molecule has 3 rings (SSSR count). The Labute approximate surface area is 163 Å². The van der Waals surface area contributed by atoms with Crippen molar-refractivity contribution in [3.05, 3.63) is 64.7 Å². The van der Waals surface area contributed by atoms with E-state index in [1.165, 1.54) is 24.3 Å². The minimum absolute atomic E-state index is 0.0897. The fourth-order valence-corrected chi connectivity index (χ4v) is 3.16. The Morgan fingerprint density at radius 1 is 1.18 bits per heavy atom. The second kappa shape index (κ2) is 8.10. The molecule has 0 aliphatic carbocycles. The van der Waals surface area contributed by atoms with Gasteiger partial charge < -0.3 is 15.4 Å². The molecular weight excluding hydrogens is 397 g/mol. The summed E-state index contributed by atoms with van der Waals surface area (Å²) in [5.41, 5.74) is 1.20. The Morgan fingerprint density at radius 3 is 2.46 bits per heavy atom. The van der Waals surface area contributed by atoms with E-state index in [1.807, 2.05) is 0 Å². The predicted octanol–water partition coefficient (Wildman–Crippen LogP) is 3.58. The highest BCUT2D eigenvalue weighted by Gasteiger charge is 2.32. The Kier molecular flexibility index (Phi) is 5.79. The number of hydrogen-bond acceptors (Lipinski definition) is 3. The molecule has 1 aliphatic rings. The van der Waals surface area contributed by atoms with Crippen LogP contribution in [0, 0.1) is 5.92 Å². The van der Waals surface area contributed by atoms with E-state index in [9.17, 15) is 22.8 Å². The minimum atomic E-state index is -4.79. The number of rotatable bonds is 5. The van der Waals surface area contributed by atoms with Crippen LogP contribution in [0.2, 0.25) is 5.02 Å². The number of halogens is 4. The van der Waals surface area contributed by atoms with Crippen molar-refractivity contribution >= 4 is 23.4 Å². The number of carbonyl (C=O) groups is 2. The SMILES string of the molecule is O=C1C[C@H](C(=O)N[C@H](c2ccc(OC(F)(F)F)cc2)c2cccc(Cl)c2)CN1. The van der Waals surface area contributed by atoms with Gasteiger partial charge in [-0.15, -0.1) is 13.2 Å². The Balaban J connectivity index is 1.86. The van der Waals surface area contributed by atoms with Gasteiger partial charge in [0.2, 0.25) is 11.8 Å². The fraction of sp³-hybridized carbons (Fsp3) is 0.263. The molecule has 1 saturated heterocycles. The van der Waals surface area contributed by atoms with Crippen LogP contribution in [-0.2, 0) is 9.59 Å². The van der Waals surface area contributed by atoms with E-state index in [4.69, 9.17) is 11.6 Å². The van der Waals surface area contributed by atoms with Crippen molar-refractivity contribution in [2.75, 3.05) is 6.54 Å². The van der Waals surface area contributed by atoms with Crippen LogP contribution in [-0.4, -0.2) is 24.7 Å². The standard InChI is InChI=1S/C19H16ClF3N2O3/c20-14-3-1-2-12(8-14)17(25-18(27)13-9-16(26)24-10-13)11-4-6-15(7-5-11)28-19(21,22)23/h1-8,13,17H,9-10H2,(H,24,26)(H,25,27)/t13-,17+/m0/s1. The summed E-state index contributed by atoms with van der Waals surface area (Å²) in [5.74, 6) is -1.41. The van der Waals surface area contributed by atoms with Crippen molar-refractivity contribution in [2.24, 2.45) is 5.92 Å². The topological polar surface area (TPSA) is 67.4 Å². The van der Waals surface area contributed by atoms with Crippen molar-refractivity contribution in [1.82, 2.24) is 10.6 Å². The van der Waals surface area contributed by atoms with E-state index in [1.54, 1.807) is 24.3 Å². The van der Waals surface area contributed by atoms with Gasteiger partial charge in [-0.2, -0.15) is 0 Å². The van der Waals surface area contributed by atoms with Gasteiger partial charge in [-0.25, -0.2) is 0 Å². The summed E-state index contributed by atoms with van der Waals surface area (Å²) in [6.07, 6.45) is -4.70. The van der Waals surface area contributed by atoms with Gasteiger partial charge in [-0.1, -0.05) is 35.9 Å². The first-order chi connectivity index (χ1) is 13.2. The van der Waals surface area contributed by atoms with Crippen molar-refractivity contribution in [3.63, 3.8) is 0 Å². The summed E-state index contributed by atoms with van der Waals surface area (Å²) >= 11 is 6.04. The fourth-order valence-electron chi connectivity index (χ4n) is 2.96. The van der Waals surface area contributed by atoms with E-state index >= 15 is 0 Å². The maximum atomic E-state index is 12.6. The molecule has 2 atom stereocenters. The molecule has 5 nitrogen and oxygen atoms in total. The smallest absolute Gasteiger partial charge is 0.406 e. The van der Waals surface area contributed by atoms with Crippen molar-refractivity contribution in [2.45, 2.75) is 18.8 Å². The molecule has 9 heteroatoms. The van der Waals surface area contributed by atoms with Gasteiger partial charge in [0.1, 0.15) is 5.75 Å². The lowest BCUT2D eigenvalue weighted by molar-refractivity contribution is -0.274. The molecule has 148 valence electrons. The molecule has 2 aromatic carbocycles. The van der Waals surface area contributed by atoms with E-state index in [0.29, 0.717) is 16.1 Å². The maximum Gasteiger partial charge on any atom is 0.573 e. The number of ether oxygens (including phenoxy) is 1. The van der Waals surface area contributed by atoms with Crippen molar-refractivity contribution in [1.29, 1.82) is 0 Å². The number of alkyl halides is 3. The van der Waals surface area contributed by atoms with E-state index in [-0.39, 0.29) is 30.5 Å². The van der Waals surface area contributed by atoms with Crippen molar-refractivity contribution < 1.29 is 27.5 Å². The van der Waals surface area contributed by atoms with Crippen molar-refractivity contribution in [3.8, 4) is 5.75 Å². The molecule has 2 amide bonds. The molecule has 1 aliphatic heterocycles. The lowest BCUT2D eigenvalue weighted by atomic mass is 9.97. The van der Waals surface area contributed by atoms with Gasteiger partial charge in [-0.3, -0.25) is 9.59 Å². The van der Waals surface area contributed by atoms with Crippen LogP contribution in [0.25, 0.3) is 0 Å². The third-order valence-corrected chi connectivity index (χ3v) is 4.50. The zero-order valence-corrected chi connectivity index (χ0v) is 15.2. The summed E-state index contributed by atoms with van der Waals surface area (Å²) in [6.45, 7) is 0.241. The quantitative estimate of drug-likeness (QED) is 0.788. The highest BCUT2D eigenvalue weighted by molar-refractivity contribution is 6.30. The van der Waals surface area contributed by atoms with Gasteiger partial charge in [-0.05, 0) is 35.4 Å². The average Bonchev–Trinajstić information content (AvgIpc) is 3.05. The van der Waals surface area contributed by atoms with E-state index in [0.717, 1.165) is 0 Å². The first-order valence-electron chi connectivity index (χ1n) is 8.39. The number of hydrogen-bond donors (Lipinski definition) is 2. The molecule has 0 bridgehead atoms. The molecular formula is C19H16ClF3N2O3. The largest absolute Gasteiger partial charge is 0.573 e. The third kappa shape index (κ3) is 5.16. The molecule has 0 unspecified atom stereocenters. The van der Waals surface area contributed by atoms with Crippen LogP contribution < -0.4 is 15.4 Å². The zero-order valence-electron chi connectivity index (χ0n) is 14.4. The lowest BCUT2D eigenvalue weighted by Crippen LogP contribution is -2.35. The second-order valence-corrected chi connectivity index (χ2v) is 6.76. The monoisotopic (exact) mass is 412 g/mol. The van der Waals surface area contributed by atoms with Gasteiger partial charge >= 0.3 is 6.36 Å². The third-order valence-electron chi connectivity index (χ3n) is 4.26. The molecule has 1 fully saturated rings. The predicted molar refractivity (Wildman–Crippen MR) is 95.7 cm³/mol. The van der Waals surface area contributed by atoms with Crippen LogP contribution in [0.5, 0.6) is 5.75 Å². The molecule has 0 aromatic heterocycles. The Bertz CT molecular complexity index is 871.